The van der Waals surface area contributed by atoms with Crippen molar-refractivity contribution in [1.29, 1.82) is 0 Å². The van der Waals surface area contributed by atoms with Gasteiger partial charge in [-0.15, -0.1) is 0 Å². The molecule has 2 atom stereocenters. The van der Waals surface area contributed by atoms with Crippen LogP contribution in [0.25, 0.3) is 0 Å². The molecular weight excluding hydrogens is 202 g/mol. The standard InChI is InChI=1S/C12H21N3O/c1-3-15-11(6-9(2)14-15)7-10-8-13-5-4-12(10)16/h6,10,12-13,16H,3-5,7-8H2,1-2H3. The second kappa shape index (κ2) is 4.97. The maximum absolute atomic E-state index is 9.93. The van der Waals surface area contributed by atoms with E-state index in [2.05, 4.69) is 23.4 Å². The summed E-state index contributed by atoms with van der Waals surface area (Å²) in [5, 5.41) is 17.7. The third-order valence-electron chi connectivity index (χ3n) is 3.32. The Hall–Kier alpha value is -0.870. The van der Waals surface area contributed by atoms with Crippen LogP contribution in [-0.2, 0) is 13.0 Å². The van der Waals surface area contributed by atoms with Crippen molar-refractivity contribution in [3.05, 3.63) is 17.5 Å². The Morgan fingerprint density at radius 1 is 1.62 bits per heavy atom. The van der Waals surface area contributed by atoms with Gasteiger partial charge < -0.3 is 10.4 Å². The summed E-state index contributed by atoms with van der Waals surface area (Å²) >= 11 is 0. The molecule has 90 valence electrons. The predicted octanol–water partition coefficient (Wildman–Crippen LogP) is 0.724. The van der Waals surface area contributed by atoms with Crippen LogP contribution < -0.4 is 5.32 Å². The zero-order valence-electron chi connectivity index (χ0n) is 10.1. The lowest BCUT2D eigenvalue weighted by Gasteiger charge is -2.28. The SMILES string of the molecule is CCn1nc(C)cc1CC1CNCCC1O. The molecule has 2 rings (SSSR count). The molecular formula is C12H21N3O. The Balaban J connectivity index is 2.06. The maximum atomic E-state index is 9.93. The van der Waals surface area contributed by atoms with Gasteiger partial charge in [0.05, 0.1) is 11.8 Å². The van der Waals surface area contributed by atoms with Gasteiger partial charge in [0.15, 0.2) is 0 Å². The van der Waals surface area contributed by atoms with Crippen molar-refractivity contribution in [1.82, 2.24) is 15.1 Å². The zero-order valence-corrected chi connectivity index (χ0v) is 10.1. The molecule has 0 amide bonds. The van der Waals surface area contributed by atoms with E-state index in [4.69, 9.17) is 0 Å². The van der Waals surface area contributed by atoms with Gasteiger partial charge in [0.25, 0.3) is 0 Å². The zero-order chi connectivity index (χ0) is 11.5. The van der Waals surface area contributed by atoms with Crippen LogP contribution in [0.2, 0.25) is 0 Å². The molecule has 2 N–H and O–H groups in total. The molecule has 1 aromatic rings. The lowest BCUT2D eigenvalue weighted by atomic mass is 9.91. The Morgan fingerprint density at radius 3 is 3.12 bits per heavy atom. The molecule has 4 nitrogen and oxygen atoms in total. The van der Waals surface area contributed by atoms with Crippen molar-refractivity contribution < 1.29 is 5.11 Å². The fourth-order valence-corrected chi connectivity index (χ4v) is 2.42. The highest BCUT2D eigenvalue weighted by molar-refractivity contribution is 5.10. The first kappa shape index (κ1) is 11.6. The number of piperidine rings is 1. The number of aliphatic hydroxyl groups is 1. The first-order valence-corrected chi connectivity index (χ1v) is 6.12. The van der Waals surface area contributed by atoms with E-state index >= 15 is 0 Å². The number of nitrogens with one attached hydrogen (secondary N) is 1. The summed E-state index contributed by atoms with van der Waals surface area (Å²) in [6, 6.07) is 2.13. The number of aryl methyl sites for hydroxylation is 2. The van der Waals surface area contributed by atoms with Crippen LogP contribution in [0.5, 0.6) is 0 Å². The number of nitrogens with zero attached hydrogens (tertiary/aromatic N) is 2. The van der Waals surface area contributed by atoms with Crippen molar-refractivity contribution >= 4 is 0 Å². The number of aromatic nitrogens is 2. The summed E-state index contributed by atoms with van der Waals surface area (Å²) in [5.74, 6) is 0.329. The Labute approximate surface area is 96.7 Å². The molecule has 0 bridgehead atoms. The lowest BCUT2D eigenvalue weighted by molar-refractivity contribution is 0.0781. The van der Waals surface area contributed by atoms with E-state index in [-0.39, 0.29) is 6.10 Å². The fourth-order valence-electron chi connectivity index (χ4n) is 2.42. The average Bonchev–Trinajstić information content (AvgIpc) is 2.62. The van der Waals surface area contributed by atoms with Gasteiger partial charge in [-0.05, 0) is 39.3 Å². The molecule has 1 aliphatic rings. The molecule has 16 heavy (non-hydrogen) atoms. The molecule has 0 aromatic carbocycles. The summed E-state index contributed by atoms with van der Waals surface area (Å²) in [6.07, 6.45) is 1.62. The normalized spacial score (nSPS) is 25.9. The monoisotopic (exact) mass is 223 g/mol. The van der Waals surface area contributed by atoms with E-state index < -0.39 is 0 Å². The minimum Gasteiger partial charge on any atom is -0.393 e. The average molecular weight is 223 g/mol. The highest BCUT2D eigenvalue weighted by Crippen LogP contribution is 2.17. The molecule has 0 aliphatic carbocycles. The molecule has 1 saturated heterocycles. The first-order chi connectivity index (χ1) is 7.70. The predicted molar refractivity (Wildman–Crippen MR) is 63.3 cm³/mol. The largest absolute Gasteiger partial charge is 0.393 e. The van der Waals surface area contributed by atoms with Gasteiger partial charge in [0.2, 0.25) is 0 Å². The molecule has 0 radical (unpaired) electrons. The van der Waals surface area contributed by atoms with Gasteiger partial charge in [0.1, 0.15) is 0 Å². The molecule has 2 heterocycles. The minimum atomic E-state index is -0.165. The minimum absolute atomic E-state index is 0.165. The number of aliphatic hydroxyl groups excluding tert-OH is 1. The highest BCUT2D eigenvalue weighted by atomic mass is 16.3. The Kier molecular flexibility index (Phi) is 3.61. The van der Waals surface area contributed by atoms with Crippen molar-refractivity contribution in [2.45, 2.75) is 39.3 Å². The topological polar surface area (TPSA) is 50.1 Å². The summed E-state index contributed by atoms with van der Waals surface area (Å²) in [4.78, 5) is 0. The molecule has 1 aliphatic heterocycles. The van der Waals surface area contributed by atoms with Crippen LogP contribution in [0, 0.1) is 12.8 Å². The molecule has 0 saturated carbocycles. The van der Waals surface area contributed by atoms with Gasteiger partial charge in [-0.1, -0.05) is 0 Å². The third-order valence-corrected chi connectivity index (χ3v) is 3.32. The molecule has 1 aromatic heterocycles. The van der Waals surface area contributed by atoms with E-state index in [1.807, 2.05) is 11.6 Å². The molecule has 1 fully saturated rings. The van der Waals surface area contributed by atoms with Crippen LogP contribution in [0.4, 0.5) is 0 Å². The summed E-state index contributed by atoms with van der Waals surface area (Å²) in [7, 11) is 0. The summed E-state index contributed by atoms with van der Waals surface area (Å²) < 4.78 is 2.04. The number of rotatable bonds is 3. The van der Waals surface area contributed by atoms with Crippen LogP contribution in [0.3, 0.4) is 0 Å². The van der Waals surface area contributed by atoms with Crippen molar-refractivity contribution in [3.63, 3.8) is 0 Å². The molecule has 4 heteroatoms. The smallest absolute Gasteiger partial charge is 0.0596 e. The molecule has 0 spiro atoms. The van der Waals surface area contributed by atoms with Gasteiger partial charge in [0, 0.05) is 24.7 Å². The quantitative estimate of drug-likeness (QED) is 0.794. The van der Waals surface area contributed by atoms with E-state index in [0.717, 1.165) is 38.2 Å². The van der Waals surface area contributed by atoms with Crippen molar-refractivity contribution in [2.24, 2.45) is 5.92 Å². The lowest BCUT2D eigenvalue weighted by Crippen LogP contribution is -2.41. The van der Waals surface area contributed by atoms with E-state index in [1.165, 1.54) is 5.69 Å². The maximum Gasteiger partial charge on any atom is 0.0596 e. The number of hydrogen-bond donors (Lipinski definition) is 2. The van der Waals surface area contributed by atoms with Crippen LogP contribution in [0.15, 0.2) is 6.07 Å². The van der Waals surface area contributed by atoms with E-state index in [1.54, 1.807) is 0 Å². The fraction of sp³-hybridized carbons (Fsp3) is 0.750. The van der Waals surface area contributed by atoms with Crippen LogP contribution in [0.1, 0.15) is 24.7 Å². The first-order valence-electron chi connectivity index (χ1n) is 6.12. The van der Waals surface area contributed by atoms with E-state index in [0.29, 0.717) is 5.92 Å². The van der Waals surface area contributed by atoms with Crippen molar-refractivity contribution in [2.75, 3.05) is 13.1 Å². The Bertz CT molecular complexity index is 348. The van der Waals surface area contributed by atoms with Crippen molar-refractivity contribution in [3.8, 4) is 0 Å². The number of hydrogen-bond acceptors (Lipinski definition) is 3. The third kappa shape index (κ3) is 2.44. The summed E-state index contributed by atoms with van der Waals surface area (Å²) in [6.45, 7) is 6.87. The van der Waals surface area contributed by atoms with Gasteiger partial charge in [-0.3, -0.25) is 4.68 Å². The molecule has 2 unspecified atom stereocenters. The van der Waals surface area contributed by atoms with Gasteiger partial charge in [-0.25, -0.2) is 0 Å². The Morgan fingerprint density at radius 2 is 2.44 bits per heavy atom. The second-order valence-electron chi connectivity index (χ2n) is 4.62. The second-order valence-corrected chi connectivity index (χ2v) is 4.62. The summed E-state index contributed by atoms with van der Waals surface area (Å²) in [5.41, 5.74) is 2.31. The van der Waals surface area contributed by atoms with Gasteiger partial charge >= 0.3 is 0 Å². The highest BCUT2D eigenvalue weighted by Gasteiger charge is 2.24. The van der Waals surface area contributed by atoms with Crippen LogP contribution >= 0.6 is 0 Å². The van der Waals surface area contributed by atoms with Crippen LogP contribution in [-0.4, -0.2) is 34.1 Å². The van der Waals surface area contributed by atoms with Gasteiger partial charge in [-0.2, -0.15) is 5.10 Å². The van der Waals surface area contributed by atoms with E-state index in [9.17, 15) is 5.11 Å².